The Morgan fingerprint density at radius 2 is 2.04 bits per heavy atom. The molecule has 2 aliphatic carbocycles. The smallest absolute Gasteiger partial charge is 0.328 e. The number of carboxylic acid groups (broad SMARTS) is 1. The highest BCUT2D eigenvalue weighted by Crippen LogP contribution is 2.61. The van der Waals surface area contributed by atoms with Gasteiger partial charge in [-0.2, -0.15) is 0 Å². The summed E-state index contributed by atoms with van der Waals surface area (Å²) in [6.45, 7) is 10.4. The van der Waals surface area contributed by atoms with E-state index < -0.39 is 11.9 Å². The molecule has 2 fully saturated rings. The largest absolute Gasteiger partial charge is 0.478 e. The summed E-state index contributed by atoms with van der Waals surface area (Å²) in [5, 5.41) is 19.2. The van der Waals surface area contributed by atoms with Crippen LogP contribution in [0.3, 0.4) is 0 Å². The number of fused-ring (bicyclic) bond motifs is 1. The molecule has 0 heterocycles. The van der Waals surface area contributed by atoms with Gasteiger partial charge in [0.25, 0.3) is 0 Å². The lowest BCUT2D eigenvalue weighted by molar-refractivity contribution is -0.140. The quantitative estimate of drug-likeness (QED) is 0.396. The van der Waals surface area contributed by atoms with Crippen molar-refractivity contribution in [3.63, 3.8) is 0 Å². The van der Waals surface area contributed by atoms with Crippen LogP contribution in [0.5, 0.6) is 0 Å². The van der Waals surface area contributed by atoms with Crippen molar-refractivity contribution in [2.45, 2.75) is 65.7 Å². The zero-order valence-corrected chi connectivity index (χ0v) is 16.9. The van der Waals surface area contributed by atoms with Gasteiger partial charge in [0.1, 0.15) is 6.61 Å². The van der Waals surface area contributed by atoms with Crippen LogP contribution in [0, 0.1) is 22.7 Å². The number of allylic oxidation sites excluding steroid dienone is 1. The molecule has 2 aliphatic rings. The summed E-state index contributed by atoms with van der Waals surface area (Å²) in [5.74, 6) is -0.697. The lowest BCUT2D eigenvalue weighted by Gasteiger charge is -2.58. The predicted octanol–water partition coefficient (Wildman–Crippen LogP) is 4.11. The fraction of sp³-hybridized carbons (Fsp3) is 0.727. The lowest BCUT2D eigenvalue weighted by atomic mass is 9.47. The van der Waals surface area contributed by atoms with Gasteiger partial charge in [0, 0.05) is 19.6 Å². The number of aliphatic hydroxyl groups excluding tert-OH is 1. The lowest BCUT2D eigenvalue weighted by Crippen LogP contribution is -2.51. The van der Waals surface area contributed by atoms with Crippen LogP contribution >= 0.6 is 0 Å². The summed E-state index contributed by atoms with van der Waals surface area (Å²) in [6, 6.07) is 0. The van der Waals surface area contributed by atoms with E-state index in [1.165, 1.54) is 12.5 Å². The van der Waals surface area contributed by atoms with Crippen LogP contribution in [0.1, 0.15) is 65.7 Å². The Balaban J connectivity index is 2.18. The maximum absolute atomic E-state index is 11.1. The van der Waals surface area contributed by atoms with Gasteiger partial charge in [0.2, 0.25) is 0 Å². The molecule has 0 amide bonds. The molecule has 27 heavy (non-hydrogen) atoms. The molecule has 0 radical (unpaired) electrons. The summed E-state index contributed by atoms with van der Waals surface area (Å²) >= 11 is 0. The maximum Gasteiger partial charge on any atom is 0.328 e. The number of esters is 1. The van der Waals surface area contributed by atoms with Gasteiger partial charge < -0.3 is 14.9 Å². The van der Waals surface area contributed by atoms with Gasteiger partial charge in [0.05, 0.1) is 0 Å². The molecule has 2 N–H and O–H groups in total. The molecule has 0 saturated heterocycles. The Morgan fingerprint density at radius 3 is 2.63 bits per heavy atom. The van der Waals surface area contributed by atoms with E-state index in [0.29, 0.717) is 17.9 Å². The summed E-state index contributed by atoms with van der Waals surface area (Å²) in [6.07, 6.45) is 7.82. The summed E-state index contributed by atoms with van der Waals surface area (Å²) in [7, 11) is 0. The van der Waals surface area contributed by atoms with Gasteiger partial charge in [-0.1, -0.05) is 32.4 Å². The first kappa shape index (κ1) is 21.7. The normalized spacial score (nSPS) is 34.1. The number of carboxylic acids is 1. The standard InChI is InChI=1S/C22H34O5/c1-15-6-9-19-21(3,14-23)10-5-11-22(19,4)18(15)8-7-17(12-20(25)26)13-27-16(2)24/h12,18-19,23H,1,5-11,13-14H2,2-4H3,(H,25,26)/b17-12-/t18-,19-,21+,22+/m1/s1. The molecule has 5 nitrogen and oxygen atoms in total. The number of aliphatic hydroxyl groups is 1. The Bertz CT molecular complexity index is 622. The third kappa shape index (κ3) is 4.81. The van der Waals surface area contributed by atoms with Crippen molar-refractivity contribution in [2.75, 3.05) is 13.2 Å². The number of hydrogen-bond acceptors (Lipinski definition) is 4. The highest BCUT2D eigenvalue weighted by molar-refractivity contribution is 5.80. The Kier molecular flexibility index (Phi) is 6.90. The van der Waals surface area contributed by atoms with Crippen molar-refractivity contribution < 1.29 is 24.5 Å². The fourth-order valence-electron chi connectivity index (χ4n) is 5.69. The number of ether oxygens (including phenoxy) is 1. The van der Waals surface area contributed by atoms with Crippen molar-refractivity contribution in [1.82, 2.24) is 0 Å². The highest BCUT2D eigenvalue weighted by atomic mass is 16.5. The molecule has 0 unspecified atom stereocenters. The molecule has 2 rings (SSSR count). The molecule has 0 aromatic rings. The first-order chi connectivity index (χ1) is 12.6. The summed E-state index contributed by atoms with van der Waals surface area (Å²) in [4.78, 5) is 22.2. The fourth-order valence-corrected chi connectivity index (χ4v) is 5.69. The van der Waals surface area contributed by atoms with E-state index >= 15 is 0 Å². The van der Waals surface area contributed by atoms with Gasteiger partial charge in [-0.15, -0.1) is 0 Å². The van der Waals surface area contributed by atoms with E-state index in [4.69, 9.17) is 9.84 Å². The van der Waals surface area contributed by atoms with Crippen molar-refractivity contribution >= 4 is 11.9 Å². The second kappa shape index (κ2) is 8.59. The van der Waals surface area contributed by atoms with Gasteiger partial charge in [-0.05, 0) is 66.8 Å². The maximum atomic E-state index is 11.1. The van der Waals surface area contributed by atoms with Crippen LogP contribution in [0.2, 0.25) is 0 Å². The molecule has 0 spiro atoms. The third-order valence-electron chi connectivity index (χ3n) is 7.05. The molecular weight excluding hydrogens is 344 g/mol. The molecule has 5 heteroatoms. The van der Waals surface area contributed by atoms with Crippen LogP contribution in [0.4, 0.5) is 0 Å². The number of rotatable bonds is 7. The number of hydrogen-bond donors (Lipinski definition) is 2. The molecule has 2 saturated carbocycles. The molecule has 0 bridgehead atoms. The molecule has 0 aromatic heterocycles. The van der Waals surface area contributed by atoms with Crippen molar-refractivity contribution in [2.24, 2.45) is 22.7 Å². The minimum absolute atomic E-state index is 0.0231. The number of aliphatic carboxylic acids is 1. The third-order valence-corrected chi connectivity index (χ3v) is 7.05. The minimum atomic E-state index is -1.02. The first-order valence-corrected chi connectivity index (χ1v) is 9.96. The Labute approximate surface area is 162 Å². The zero-order valence-electron chi connectivity index (χ0n) is 16.9. The summed E-state index contributed by atoms with van der Waals surface area (Å²) in [5.41, 5.74) is 1.87. The SMILES string of the molecule is C=C1CC[C@@H]2[C@](C)(CO)CCC[C@@]2(C)[C@@H]1CC/C(=C/C(=O)O)COC(C)=O. The van der Waals surface area contributed by atoms with E-state index in [1.807, 2.05) is 0 Å². The van der Waals surface area contributed by atoms with Crippen LogP contribution in [0.15, 0.2) is 23.8 Å². The van der Waals surface area contributed by atoms with Gasteiger partial charge in [0.15, 0.2) is 0 Å². The van der Waals surface area contributed by atoms with Crippen molar-refractivity contribution in [3.05, 3.63) is 23.8 Å². The van der Waals surface area contributed by atoms with E-state index in [-0.39, 0.29) is 30.0 Å². The number of carbonyl (C=O) groups excluding carboxylic acids is 1. The monoisotopic (exact) mass is 378 g/mol. The zero-order chi connectivity index (χ0) is 20.2. The van der Waals surface area contributed by atoms with E-state index in [1.54, 1.807) is 0 Å². The van der Waals surface area contributed by atoms with Crippen molar-refractivity contribution in [1.29, 1.82) is 0 Å². The topological polar surface area (TPSA) is 83.8 Å². The second-order valence-electron chi connectivity index (χ2n) is 8.93. The average molecular weight is 379 g/mol. The number of carbonyl (C=O) groups is 2. The van der Waals surface area contributed by atoms with Crippen LogP contribution in [0.25, 0.3) is 0 Å². The van der Waals surface area contributed by atoms with Gasteiger partial charge in [-0.3, -0.25) is 4.79 Å². The van der Waals surface area contributed by atoms with Crippen molar-refractivity contribution in [3.8, 4) is 0 Å². The van der Waals surface area contributed by atoms with Crippen LogP contribution < -0.4 is 0 Å². The van der Waals surface area contributed by atoms with Crippen LogP contribution in [-0.4, -0.2) is 35.4 Å². The average Bonchev–Trinajstić information content (AvgIpc) is 2.58. The molecule has 4 atom stereocenters. The van der Waals surface area contributed by atoms with Gasteiger partial charge >= 0.3 is 11.9 Å². The Hall–Kier alpha value is -1.62. The second-order valence-corrected chi connectivity index (χ2v) is 8.93. The van der Waals surface area contributed by atoms with E-state index in [2.05, 4.69) is 20.4 Å². The molecular formula is C22H34O5. The molecule has 152 valence electrons. The van der Waals surface area contributed by atoms with E-state index in [9.17, 15) is 14.7 Å². The summed E-state index contributed by atoms with van der Waals surface area (Å²) < 4.78 is 5.03. The first-order valence-electron chi connectivity index (χ1n) is 9.96. The minimum Gasteiger partial charge on any atom is -0.478 e. The predicted molar refractivity (Wildman–Crippen MR) is 104 cm³/mol. The highest BCUT2D eigenvalue weighted by Gasteiger charge is 2.54. The Morgan fingerprint density at radius 1 is 1.33 bits per heavy atom. The molecule has 0 aliphatic heterocycles. The van der Waals surface area contributed by atoms with Crippen LogP contribution in [-0.2, 0) is 14.3 Å². The molecule has 0 aromatic carbocycles. The van der Waals surface area contributed by atoms with E-state index in [0.717, 1.165) is 44.6 Å². The van der Waals surface area contributed by atoms with Gasteiger partial charge in [-0.25, -0.2) is 4.79 Å².